The molecule has 15 heteroatoms. The quantitative estimate of drug-likeness (QED) is 0.0292. The van der Waals surface area contributed by atoms with Gasteiger partial charge in [-0.25, -0.2) is 9.59 Å². The Balaban J connectivity index is 1.54. The minimum atomic E-state index is -1.47. The number of oxime groups is 1. The Labute approximate surface area is 397 Å². The van der Waals surface area contributed by atoms with Gasteiger partial charge < -0.3 is 39.3 Å². The summed E-state index contributed by atoms with van der Waals surface area (Å²) >= 11 is 0. The van der Waals surface area contributed by atoms with Crippen molar-refractivity contribution in [2.75, 3.05) is 40.0 Å². The van der Waals surface area contributed by atoms with E-state index in [1.807, 2.05) is 19.1 Å². The summed E-state index contributed by atoms with van der Waals surface area (Å²) in [5, 5.41) is 38.9. The predicted octanol–water partition coefficient (Wildman–Crippen LogP) is 10.9. The van der Waals surface area contributed by atoms with Crippen molar-refractivity contribution in [3.63, 3.8) is 0 Å². The number of amides is 2. The minimum Gasteiger partial charge on any atom is -0.459 e. The number of nitro benzene ring substituents is 1. The second-order valence-electron chi connectivity index (χ2n) is 18.1. The van der Waals surface area contributed by atoms with Gasteiger partial charge in [0.05, 0.1) is 30.3 Å². The number of unbranched alkanes of at least 4 members (excludes halogenated alkanes) is 11. The highest BCUT2D eigenvalue weighted by Gasteiger charge is 2.65. The lowest BCUT2D eigenvalue weighted by molar-refractivity contribution is -0.384. The lowest BCUT2D eigenvalue weighted by Crippen LogP contribution is -2.70. The first-order valence-electron chi connectivity index (χ1n) is 24.9. The number of benzene rings is 2. The summed E-state index contributed by atoms with van der Waals surface area (Å²) in [5.41, 5.74) is 2.91. The van der Waals surface area contributed by atoms with Crippen molar-refractivity contribution in [2.45, 2.75) is 154 Å². The zero-order valence-electron chi connectivity index (χ0n) is 40.2. The molecule has 370 valence electrons. The van der Waals surface area contributed by atoms with Gasteiger partial charge in [-0.15, -0.1) is 6.58 Å². The van der Waals surface area contributed by atoms with Crippen LogP contribution in [0.2, 0.25) is 0 Å². The second kappa shape index (κ2) is 27.7. The minimum absolute atomic E-state index is 0.0118. The number of methoxy groups -OCH3 is 1. The number of non-ortho nitro benzene ring substituents is 1. The molecule has 6 atom stereocenters. The van der Waals surface area contributed by atoms with E-state index in [1.165, 1.54) is 64.2 Å². The maximum Gasteiger partial charge on any atom is 0.412 e. The van der Waals surface area contributed by atoms with Crippen LogP contribution in [-0.4, -0.2) is 89.8 Å². The van der Waals surface area contributed by atoms with Crippen molar-refractivity contribution < 1.29 is 48.5 Å². The molecule has 0 aromatic heterocycles. The highest BCUT2D eigenvalue weighted by Crippen LogP contribution is 2.62. The van der Waals surface area contributed by atoms with E-state index in [9.17, 15) is 29.9 Å². The highest BCUT2D eigenvalue weighted by molar-refractivity contribution is 6.03. The van der Waals surface area contributed by atoms with Crippen molar-refractivity contribution >= 4 is 23.6 Å². The summed E-state index contributed by atoms with van der Waals surface area (Å²) in [6.07, 6.45) is 19.8. The molecule has 0 bridgehead atoms. The molecule has 1 fully saturated rings. The number of aliphatic hydroxyl groups is 2. The van der Waals surface area contributed by atoms with Gasteiger partial charge in [0.15, 0.2) is 0 Å². The van der Waals surface area contributed by atoms with E-state index < -0.39 is 34.9 Å². The number of fused-ring (bicyclic) bond motifs is 2. The van der Waals surface area contributed by atoms with E-state index in [0.29, 0.717) is 55.1 Å². The van der Waals surface area contributed by atoms with Crippen LogP contribution in [0.25, 0.3) is 0 Å². The second-order valence-corrected chi connectivity index (χ2v) is 18.1. The fourth-order valence-corrected chi connectivity index (χ4v) is 10.3. The Hall–Kier alpha value is -4.99. The molecule has 1 saturated carbocycles. The predicted molar refractivity (Wildman–Crippen MR) is 258 cm³/mol. The number of nitrogens with one attached hydrogen (secondary N) is 1. The maximum absolute atomic E-state index is 13.9. The average molecular weight is 933 g/mol. The van der Waals surface area contributed by atoms with E-state index in [4.69, 9.17) is 28.9 Å². The molecule has 0 radical (unpaired) electrons. The Morgan fingerprint density at radius 1 is 0.940 bits per heavy atom. The Kier molecular flexibility index (Phi) is 21.9. The van der Waals surface area contributed by atoms with E-state index in [0.717, 1.165) is 56.1 Å². The van der Waals surface area contributed by atoms with E-state index in [-0.39, 0.29) is 56.3 Å². The molecule has 0 spiro atoms. The van der Waals surface area contributed by atoms with Gasteiger partial charge in [-0.3, -0.25) is 15.0 Å². The summed E-state index contributed by atoms with van der Waals surface area (Å²) in [4.78, 5) is 45.8. The van der Waals surface area contributed by atoms with Gasteiger partial charge >= 0.3 is 12.2 Å². The van der Waals surface area contributed by atoms with Crippen LogP contribution in [0.15, 0.2) is 71.9 Å². The molecule has 3 N–H and O–H groups in total. The monoisotopic (exact) mass is 933 g/mol. The number of aliphatic hydroxyl groups excluding tert-OH is 2. The van der Waals surface area contributed by atoms with Gasteiger partial charge in [0.1, 0.15) is 24.1 Å². The van der Waals surface area contributed by atoms with Crippen LogP contribution in [-0.2, 0) is 20.9 Å². The van der Waals surface area contributed by atoms with Gasteiger partial charge in [0.2, 0.25) is 5.79 Å². The first-order valence-corrected chi connectivity index (χ1v) is 24.9. The van der Waals surface area contributed by atoms with Crippen LogP contribution in [0.3, 0.4) is 0 Å². The number of hydrogen-bond donors (Lipinski definition) is 3. The molecule has 2 amide bonds. The number of ether oxygens (including phenoxy) is 4. The Morgan fingerprint density at radius 3 is 2.27 bits per heavy atom. The van der Waals surface area contributed by atoms with Gasteiger partial charge in [-0.1, -0.05) is 102 Å². The van der Waals surface area contributed by atoms with Crippen LogP contribution in [0.1, 0.15) is 146 Å². The molecule has 15 nitrogen and oxygen atoms in total. The number of rotatable bonds is 30. The highest BCUT2D eigenvalue weighted by atomic mass is 16.7. The number of nitrogens with zero attached hydrogens (tertiary/aromatic N) is 3. The van der Waals surface area contributed by atoms with E-state index >= 15 is 0 Å². The normalized spacial score (nSPS) is 22.1. The van der Waals surface area contributed by atoms with Crippen molar-refractivity contribution in [1.82, 2.24) is 10.2 Å². The standard InChI is InChI=1S/C52H76N4O11/c1-5-8-9-10-11-12-13-14-15-18-29-53-50(59)66-41-27-28-46-44(35-41)48-42(22-17-20-32-58)39(21-16-19-31-57)34-43-45(54-65-37-38-23-25-40(26-24-38)56(61)62)36-47(55(30-6-2)51(60)63-4)52(67-46,49(43)48)64-33-7-3/h7,23-28,34-35,39,42,47-49,57-58H,3,5-6,8-22,29-33,36-37H2,1-2,4H3,(H,53,59)/t39-,42+,47-,48+,49+,52+/m0/s1. The fraction of sp³-hybridized carbons (Fsp3) is 0.635. The topological polar surface area (TPSA) is 192 Å². The summed E-state index contributed by atoms with van der Waals surface area (Å²) in [7, 11) is 1.35. The number of carbonyl (C=O) groups excluding carboxylic acids is 2. The first-order chi connectivity index (χ1) is 32.7. The molecule has 67 heavy (non-hydrogen) atoms. The molecule has 0 saturated heterocycles. The molecule has 2 aliphatic carbocycles. The van der Waals surface area contributed by atoms with Crippen LogP contribution in [0, 0.1) is 27.9 Å². The van der Waals surface area contributed by atoms with Crippen LogP contribution in [0.4, 0.5) is 15.3 Å². The van der Waals surface area contributed by atoms with E-state index in [2.05, 4.69) is 24.9 Å². The number of nitro groups is 1. The maximum atomic E-state index is 13.9. The molecule has 1 aliphatic heterocycles. The van der Waals surface area contributed by atoms with Crippen molar-refractivity contribution in [3.8, 4) is 11.5 Å². The van der Waals surface area contributed by atoms with Crippen LogP contribution in [0.5, 0.6) is 11.5 Å². The van der Waals surface area contributed by atoms with Crippen LogP contribution < -0.4 is 14.8 Å². The molecule has 5 rings (SSSR count). The molecule has 2 aromatic carbocycles. The van der Waals surface area contributed by atoms with Crippen molar-refractivity contribution in [3.05, 3.63) is 88.0 Å². The molecule has 0 unspecified atom stereocenters. The largest absolute Gasteiger partial charge is 0.459 e. The summed E-state index contributed by atoms with van der Waals surface area (Å²) in [6.45, 7) is 9.28. The summed E-state index contributed by atoms with van der Waals surface area (Å²) < 4.78 is 25.6. The molecule has 2 aromatic rings. The Bertz CT molecular complexity index is 1940. The average Bonchev–Trinajstić information content (AvgIpc) is 3.33. The molecular formula is C52H76N4O11. The lowest BCUT2D eigenvalue weighted by atomic mass is 9.55. The molecule has 1 heterocycles. The fourth-order valence-electron chi connectivity index (χ4n) is 10.3. The molecular weight excluding hydrogens is 857 g/mol. The Morgan fingerprint density at radius 2 is 1.63 bits per heavy atom. The van der Waals surface area contributed by atoms with Gasteiger partial charge in [-0.05, 0) is 91.8 Å². The van der Waals surface area contributed by atoms with Crippen molar-refractivity contribution in [2.24, 2.45) is 22.9 Å². The van der Waals surface area contributed by atoms with Crippen LogP contribution >= 0.6 is 0 Å². The van der Waals surface area contributed by atoms with Crippen molar-refractivity contribution in [1.29, 1.82) is 0 Å². The first kappa shape index (κ1) is 53.0. The number of hydrogen-bond acceptors (Lipinski definition) is 12. The third-order valence-electron chi connectivity index (χ3n) is 13.5. The zero-order chi connectivity index (χ0) is 48.0. The summed E-state index contributed by atoms with van der Waals surface area (Å²) in [5.74, 6) is -1.52. The number of carbonyl (C=O) groups is 2. The summed E-state index contributed by atoms with van der Waals surface area (Å²) in [6, 6.07) is 10.8. The third kappa shape index (κ3) is 14.3. The van der Waals surface area contributed by atoms with E-state index in [1.54, 1.807) is 29.2 Å². The third-order valence-corrected chi connectivity index (χ3v) is 13.5. The smallest absolute Gasteiger partial charge is 0.412 e. The van der Waals surface area contributed by atoms with Gasteiger partial charge in [0, 0.05) is 56.3 Å². The van der Waals surface area contributed by atoms with Gasteiger partial charge in [-0.2, -0.15) is 0 Å². The SMILES string of the molecule is C=CCO[C@@]12Oc3ccc(OC(=O)NCCCCCCCCCCCC)cc3[C@H]3[C@H](CCCCO)[C@@H](CCCCO)C=C(C(=NOCc4ccc([N+](=O)[O-])cc4)C[C@@H]1N(CCC)C(=O)OC)[C@H]32. The molecule has 3 aliphatic rings. The zero-order valence-corrected chi connectivity index (χ0v) is 40.2. The number of allylic oxidation sites excluding steroid dienone is 1. The van der Waals surface area contributed by atoms with Gasteiger partial charge in [0.25, 0.3) is 5.69 Å². The lowest BCUT2D eigenvalue weighted by Gasteiger charge is -2.59.